The van der Waals surface area contributed by atoms with Gasteiger partial charge < -0.3 is 4.90 Å². The van der Waals surface area contributed by atoms with Crippen LogP contribution in [0.5, 0.6) is 0 Å². The molecule has 2 rings (SSSR count). The highest BCUT2D eigenvalue weighted by molar-refractivity contribution is 5.78. The maximum atomic E-state index is 12.1. The van der Waals surface area contributed by atoms with E-state index in [1.807, 2.05) is 23.4 Å². The summed E-state index contributed by atoms with van der Waals surface area (Å²) in [6, 6.07) is 0.351. The number of carbonyl (C=O) groups excluding carboxylic acids is 1. The zero-order valence-electron chi connectivity index (χ0n) is 12.4. The van der Waals surface area contributed by atoms with Crippen LogP contribution in [0.2, 0.25) is 0 Å². The number of amides is 1. The first kappa shape index (κ1) is 14.0. The number of aromatic nitrogens is 3. The average Bonchev–Trinajstić information content (AvgIpc) is 2.71. The fourth-order valence-electron chi connectivity index (χ4n) is 2.59. The summed E-state index contributed by atoms with van der Waals surface area (Å²) in [6.07, 6.45) is 2.77. The molecule has 1 aromatic rings. The number of hydrogen-bond donors (Lipinski definition) is 0. The van der Waals surface area contributed by atoms with E-state index < -0.39 is 0 Å². The number of nitrogens with zero attached hydrogens (tertiary/aromatic N) is 4. The molecule has 1 amide bonds. The van der Waals surface area contributed by atoms with Crippen LogP contribution in [0.25, 0.3) is 0 Å². The second-order valence-corrected chi connectivity index (χ2v) is 5.85. The Bertz CT molecular complexity index is 450. The van der Waals surface area contributed by atoms with Gasteiger partial charge in [0.05, 0.1) is 11.4 Å². The van der Waals surface area contributed by atoms with Crippen molar-refractivity contribution in [3.8, 4) is 0 Å². The van der Waals surface area contributed by atoms with Crippen molar-refractivity contribution >= 4 is 5.91 Å². The van der Waals surface area contributed by atoms with E-state index in [1.165, 1.54) is 5.69 Å². The zero-order chi connectivity index (χ0) is 14.0. The minimum atomic E-state index is 0.0743. The summed E-state index contributed by atoms with van der Waals surface area (Å²) in [7, 11) is 0. The normalized spacial score (nSPS) is 16.4. The smallest absolute Gasteiger partial charge is 0.225 e. The highest BCUT2D eigenvalue weighted by Crippen LogP contribution is 2.18. The van der Waals surface area contributed by atoms with E-state index in [2.05, 4.69) is 24.2 Å². The molecule has 0 radical (unpaired) electrons. The summed E-state index contributed by atoms with van der Waals surface area (Å²) in [6.45, 7) is 9.79. The third-order valence-corrected chi connectivity index (χ3v) is 3.63. The van der Waals surface area contributed by atoms with Gasteiger partial charge in [-0.3, -0.25) is 4.79 Å². The van der Waals surface area contributed by atoms with Crippen molar-refractivity contribution in [2.24, 2.45) is 5.92 Å². The Kier molecular flexibility index (Phi) is 4.22. The first-order valence-corrected chi connectivity index (χ1v) is 7.22. The second kappa shape index (κ2) is 5.72. The van der Waals surface area contributed by atoms with Gasteiger partial charge >= 0.3 is 0 Å². The number of hydrogen-bond acceptors (Lipinski definition) is 3. The van der Waals surface area contributed by atoms with E-state index in [9.17, 15) is 4.79 Å². The molecule has 19 heavy (non-hydrogen) atoms. The molecule has 0 N–H and O–H groups in total. The molecular formula is C14H24N4O. The van der Waals surface area contributed by atoms with E-state index in [1.54, 1.807) is 0 Å². The molecule has 0 bridgehead atoms. The van der Waals surface area contributed by atoms with Gasteiger partial charge in [0, 0.05) is 31.5 Å². The van der Waals surface area contributed by atoms with Crippen LogP contribution in [-0.2, 0) is 17.6 Å². The lowest BCUT2D eigenvalue weighted by molar-refractivity contribution is -0.134. The molecule has 0 aromatic carbocycles. The molecule has 5 heteroatoms. The summed E-state index contributed by atoms with van der Waals surface area (Å²) in [5.41, 5.74) is 2.32. The number of carbonyl (C=O) groups is 1. The first-order valence-electron chi connectivity index (χ1n) is 7.22. The Morgan fingerprint density at radius 2 is 1.89 bits per heavy atom. The van der Waals surface area contributed by atoms with Gasteiger partial charge in [-0.15, -0.1) is 5.10 Å². The van der Waals surface area contributed by atoms with Crippen molar-refractivity contribution in [3.05, 3.63) is 11.4 Å². The lowest BCUT2D eigenvalue weighted by atomic mass is 10.1. The zero-order valence-corrected chi connectivity index (χ0v) is 12.4. The molecule has 0 atom stereocenters. The minimum Gasteiger partial charge on any atom is -0.342 e. The molecule has 0 aliphatic carbocycles. The fourth-order valence-corrected chi connectivity index (χ4v) is 2.59. The molecule has 0 unspecified atom stereocenters. The van der Waals surface area contributed by atoms with Crippen molar-refractivity contribution in [2.75, 3.05) is 13.1 Å². The van der Waals surface area contributed by atoms with Crippen molar-refractivity contribution in [1.82, 2.24) is 19.9 Å². The molecule has 0 spiro atoms. The van der Waals surface area contributed by atoms with E-state index in [0.29, 0.717) is 6.04 Å². The van der Waals surface area contributed by atoms with Crippen LogP contribution < -0.4 is 0 Å². The van der Waals surface area contributed by atoms with Gasteiger partial charge in [0.25, 0.3) is 0 Å². The van der Waals surface area contributed by atoms with Gasteiger partial charge in [-0.25, -0.2) is 4.68 Å². The summed E-state index contributed by atoms with van der Waals surface area (Å²) in [4.78, 5) is 14.0. The maximum Gasteiger partial charge on any atom is 0.225 e. The lowest BCUT2D eigenvalue weighted by Crippen LogP contribution is -2.38. The monoisotopic (exact) mass is 264 g/mol. The standard InChI is InChI=1S/C14H24N4O/c1-10(2)14(19)17-8-5-6-13-12(7-9-17)15-16-18(13)11(3)4/h10-11H,5-9H2,1-4H3. The molecule has 1 aliphatic heterocycles. The fraction of sp³-hybridized carbons (Fsp3) is 0.786. The predicted molar refractivity (Wildman–Crippen MR) is 73.9 cm³/mol. The van der Waals surface area contributed by atoms with E-state index in [4.69, 9.17) is 0 Å². The third kappa shape index (κ3) is 2.96. The highest BCUT2D eigenvalue weighted by Gasteiger charge is 2.22. The molecule has 2 heterocycles. The highest BCUT2D eigenvalue weighted by atomic mass is 16.2. The SMILES string of the molecule is CC(C)C(=O)N1CCCc2c(nnn2C(C)C)CC1. The van der Waals surface area contributed by atoms with Crippen molar-refractivity contribution in [3.63, 3.8) is 0 Å². The summed E-state index contributed by atoms with van der Waals surface area (Å²) in [5, 5.41) is 8.54. The Morgan fingerprint density at radius 1 is 1.16 bits per heavy atom. The Hall–Kier alpha value is -1.39. The van der Waals surface area contributed by atoms with E-state index in [-0.39, 0.29) is 11.8 Å². The lowest BCUT2D eigenvalue weighted by Gasteiger charge is -2.26. The van der Waals surface area contributed by atoms with Crippen LogP contribution in [0, 0.1) is 5.92 Å². The summed E-state index contributed by atoms with van der Waals surface area (Å²) < 4.78 is 2.02. The van der Waals surface area contributed by atoms with Crippen molar-refractivity contribution in [2.45, 2.75) is 53.0 Å². The van der Waals surface area contributed by atoms with Gasteiger partial charge in [0.15, 0.2) is 0 Å². The average molecular weight is 264 g/mol. The Labute approximate surface area is 115 Å². The second-order valence-electron chi connectivity index (χ2n) is 5.85. The first-order chi connectivity index (χ1) is 9.00. The van der Waals surface area contributed by atoms with Crippen LogP contribution in [0.4, 0.5) is 0 Å². The van der Waals surface area contributed by atoms with E-state index >= 15 is 0 Å². The van der Waals surface area contributed by atoms with Gasteiger partial charge in [-0.05, 0) is 26.7 Å². The molecule has 106 valence electrons. The molecule has 0 fully saturated rings. The molecule has 0 saturated carbocycles. The van der Waals surface area contributed by atoms with Crippen LogP contribution in [0.1, 0.15) is 51.5 Å². The topological polar surface area (TPSA) is 51.0 Å². The van der Waals surface area contributed by atoms with Crippen LogP contribution in [0.15, 0.2) is 0 Å². The van der Waals surface area contributed by atoms with Gasteiger partial charge in [-0.2, -0.15) is 0 Å². The molecule has 1 aliphatic rings. The molecule has 1 aromatic heterocycles. The van der Waals surface area contributed by atoms with Crippen molar-refractivity contribution < 1.29 is 4.79 Å². The Morgan fingerprint density at radius 3 is 2.53 bits per heavy atom. The largest absolute Gasteiger partial charge is 0.342 e. The van der Waals surface area contributed by atoms with E-state index in [0.717, 1.165) is 38.0 Å². The van der Waals surface area contributed by atoms with Crippen LogP contribution >= 0.6 is 0 Å². The van der Waals surface area contributed by atoms with Crippen LogP contribution in [0.3, 0.4) is 0 Å². The molecular weight excluding hydrogens is 240 g/mol. The summed E-state index contributed by atoms with van der Waals surface area (Å²) in [5.74, 6) is 0.324. The van der Waals surface area contributed by atoms with Crippen LogP contribution in [-0.4, -0.2) is 38.9 Å². The molecule has 0 saturated heterocycles. The van der Waals surface area contributed by atoms with Gasteiger partial charge in [0.1, 0.15) is 0 Å². The quantitative estimate of drug-likeness (QED) is 0.819. The predicted octanol–water partition coefficient (Wildman–Crippen LogP) is 1.83. The Balaban J connectivity index is 2.13. The number of fused-ring (bicyclic) bond motifs is 1. The minimum absolute atomic E-state index is 0.0743. The number of rotatable bonds is 2. The third-order valence-electron chi connectivity index (χ3n) is 3.63. The molecule has 5 nitrogen and oxygen atoms in total. The summed E-state index contributed by atoms with van der Waals surface area (Å²) >= 11 is 0. The maximum absolute atomic E-state index is 12.1. The van der Waals surface area contributed by atoms with Gasteiger partial charge in [-0.1, -0.05) is 19.1 Å². The van der Waals surface area contributed by atoms with Crippen molar-refractivity contribution in [1.29, 1.82) is 0 Å². The van der Waals surface area contributed by atoms with Gasteiger partial charge in [0.2, 0.25) is 5.91 Å².